The van der Waals surface area contributed by atoms with Gasteiger partial charge in [-0.3, -0.25) is 4.79 Å². The Kier molecular flexibility index (Phi) is 5.54. The lowest BCUT2D eigenvalue weighted by molar-refractivity contribution is -0.143. The lowest BCUT2D eigenvalue weighted by Gasteiger charge is -2.19. The molecular formula is C11H16BrNO4S2. The monoisotopic (exact) mass is 369 g/mol. The van der Waals surface area contributed by atoms with Crippen LogP contribution in [0.25, 0.3) is 0 Å². The number of sulfonamides is 1. The van der Waals surface area contributed by atoms with Crippen LogP contribution in [0.2, 0.25) is 0 Å². The molecule has 0 aromatic carbocycles. The molecule has 108 valence electrons. The fourth-order valence-electron chi connectivity index (χ4n) is 1.37. The predicted octanol–water partition coefficient (Wildman–Crippen LogP) is 2.29. The van der Waals surface area contributed by atoms with Gasteiger partial charge in [0.25, 0.3) is 10.0 Å². The zero-order chi connectivity index (χ0) is 14.8. The summed E-state index contributed by atoms with van der Waals surface area (Å²) in [5, 5.41) is 0. The van der Waals surface area contributed by atoms with Crippen molar-refractivity contribution >= 4 is 43.3 Å². The van der Waals surface area contributed by atoms with Gasteiger partial charge < -0.3 is 4.74 Å². The third-order valence-corrected chi connectivity index (χ3v) is 6.55. The van der Waals surface area contributed by atoms with Crippen LogP contribution in [0.1, 0.15) is 19.4 Å². The first kappa shape index (κ1) is 16.6. The van der Waals surface area contributed by atoms with Gasteiger partial charge in [0.2, 0.25) is 0 Å². The van der Waals surface area contributed by atoms with Crippen LogP contribution in [0.15, 0.2) is 14.1 Å². The number of halogens is 1. The molecule has 0 spiro atoms. The van der Waals surface area contributed by atoms with E-state index in [9.17, 15) is 13.2 Å². The molecule has 5 nitrogen and oxygen atoms in total. The van der Waals surface area contributed by atoms with Crippen molar-refractivity contribution in [2.75, 3.05) is 7.11 Å². The van der Waals surface area contributed by atoms with Crippen molar-refractivity contribution in [3.63, 3.8) is 0 Å². The molecule has 0 saturated carbocycles. The number of esters is 1. The summed E-state index contributed by atoms with van der Waals surface area (Å²) >= 11 is 4.39. The van der Waals surface area contributed by atoms with Gasteiger partial charge in [0.05, 0.1) is 10.9 Å². The molecule has 0 aliphatic heterocycles. The molecule has 0 radical (unpaired) electrons. The van der Waals surface area contributed by atoms with E-state index in [1.54, 1.807) is 26.8 Å². The first-order valence-corrected chi connectivity index (χ1v) is 8.64. The molecule has 1 N–H and O–H groups in total. The number of ether oxygens (including phenoxy) is 1. The molecule has 0 unspecified atom stereocenters. The smallest absolute Gasteiger partial charge is 0.324 e. The molecule has 1 heterocycles. The van der Waals surface area contributed by atoms with Crippen molar-refractivity contribution in [1.82, 2.24) is 4.72 Å². The predicted molar refractivity (Wildman–Crippen MR) is 77.7 cm³/mol. The van der Waals surface area contributed by atoms with Crippen molar-refractivity contribution in [1.29, 1.82) is 0 Å². The molecule has 0 amide bonds. The molecule has 0 aliphatic rings. The molecule has 8 heteroatoms. The lowest BCUT2D eigenvalue weighted by atomic mass is 10.1. The minimum atomic E-state index is -3.72. The van der Waals surface area contributed by atoms with Crippen molar-refractivity contribution in [3.05, 3.63) is 15.4 Å². The van der Waals surface area contributed by atoms with Gasteiger partial charge in [0, 0.05) is 0 Å². The number of methoxy groups -OCH3 is 1. The molecule has 1 aromatic heterocycles. The Morgan fingerprint density at radius 3 is 2.42 bits per heavy atom. The van der Waals surface area contributed by atoms with E-state index in [1.165, 1.54) is 7.11 Å². The Morgan fingerprint density at radius 1 is 1.47 bits per heavy atom. The van der Waals surface area contributed by atoms with Crippen LogP contribution in [0.5, 0.6) is 0 Å². The summed E-state index contributed by atoms with van der Waals surface area (Å²) in [6.07, 6.45) is 0. The number of hydrogen-bond acceptors (Lipinski definition) is 5. The summed E-state index contributed by atoms with van der Waals surface area (Å²) in [7, 11) is -2.49. The van der Waals surface area contributed by atoms with Gasteiger partial charge >= 0.3 is 5.97 Å². The Labute approximate surface area is 125 Å². The Balaban J connectivity index is 3.04. The Morgan fingerprint density at radius 2 is 2.05 bits per heavy atom. The Hall–Kier alpha value is -0.440. The van der Waals surface area contributed by atoms with Gasteiger partial charge in [0.15, 0.2) is 0 Å². The number of thiophene rings is 1. The summed E-state index contributed by atoms with van der Waals surface area (Å²) in [5.74, 6) is -0.794. The third-order valence-electron chi connectivity index (χ3n) is 2.50. The van der Waals surface area contributed by atoms with Crippen LogP contribution in [-0.4, -0.2) is 27.5 Å². The van der Waals surface area contributed by atoms with E-state index in [0.29, 0.717) is 0 Å². The zero-order valence-corrected chi connectivity index (χ0v) is 14.3. The average molecular weight is 370 g/mol. The molecule has 19 heavy (non-hydrogen) atoms. The van der Waals surface area contributed by atoms with Crippen LogP contribution in [-0.2, 0) is 19.6 Å². The zero-order valence-electron chi connectivity index (χ0n) is 11.1. The second-order valence-electron chi connectivity index (χ2n) is 4.39. The maximum atomic E-state index is 12.2. The highest BCUT2D eigenvalue weighted by Gasteiger charge is 2.30. The minimum absolute atomic E-state index is 0.173. The van der Waals surface area contributed by atoms with Crippen LogP contribution in [0.4, 0.5) is 0 Å². The number of nitrogens with one attached hydrogen (secondary N) is 1. The van der Waals surface area contributed by atoms with Gasteiger partial charge in [-0.05, 0) is 40.4 Å². The van der Waals surface area contributed by atoms with Gasteiger partial charge in [-0.15, -0.1) is 11.3 Å². The molecule has 1 rings (SSSR count). The van der Waals surface area contributed by atoms with E-state index < -0.39 is 22.0 Å². The molecule has 1 aromatic rings. The number of hydrogen-bond donors (Lipinski definition) is 1. The van der Waals surface area contributed by atoms with Crippen molar-refractivity contribution in [2.24, 2.45) is 5.92 Å². The molecule has 0 saturated heterocycles. The summed E-state index contributed by atoms with van der Waals surface area (Å²) < 4.78 is 32.3. The fourth-order valence-corrected chi connectivity index (χ4v) is 4.95. The maximum absolute atomic E-state index is 12.2. The normalized spacial score (nSPS) is 13.6. The highest BCUT2D eigenvalue weighted by Crippen LogP contribution is 2.30. The molecule has 0 aliphatic carbocycles. The largest absolute Gasteiger partial charge is 0.468 e. The summed E-state index contributed by atoms with van der Waals surface area (Å²) in [4.78, 5) is 11.6. The van der Waals surface area contributed by atoms with Gasteiger partial charge in [-0.2, -0.15) is 4.72 Å². The van der Waals surface area contributed by atoms with E-state index in [2.05, 4.69) is 25.4 Å². The topological polar surface area (TPSA) is 72.5 Å². The van der Waals surface area contributed by atoms with Crippen LogP contribution in [0, 0.1) is 12.8 Å². The second-order valence-corrected chi connectivity index (χ2v) is 8.70. The quantitative estimate of drug-likeness (QED) is 0.808. The second kappa shape index (κ2) is 6.34. The molecule has 0 fully saturated rings. The molecule has 1 atom stereocenters. The van der Waals surface area contributed by atoms with Crippen LogP contribution in [0.3, 0.4) is 0 Å². The van der Waals surface area contributed by atoms with E-state index in [0.717, 1.165) is 20.7 Å². The number of rotatable bonds is 5. The molecule has 0 bridgehead atoms. The summed E-state index contributed by atoms with van der Waals surface area (Å²) in [6.45, 7) is 5.30. The highest BCUT2D eigenvalue weighted by molar-refractivity contribution is 9.11. The number of carbonyl (C=O) groups excluding carboxylic acids is 1. The van der Waals surface area contributed by atoms with Crippen LogP contribution >= 0.6 is 27.3 Å². The van der Waals surface area contributed by atoms with E-state index in [-0.39, 0.29) is 10.1 Å². The molecular weight excluding hydrogens is 354 g/mol. The van der Waals surface area contributed by atoms with E-state index >= 15 is 0 Å². The SMILES string of the molecule is COC(=O)[C@@H](NS(=O)(=O)c1cc(C)c(Br)s1)C(C)C. The lowest BCUT2D eigenvalue weighted by Crippen LogP contribution is -2.44. The summed E-state index contributed by atoms with van der Waals surface area (Å²) in [5.41, 5.74) is 0.838. The van der Waals surface area contributed by atoms with Gasteiger partial charge in [-0.25, -0.2) is 8.42 Å². The fraction of sp³-hybridized carbons (Fsp3) is 0.545. The van der Waals surface area contributed by atoms with Crippen molar-refractivity contribution < 1.29 is 17.9 Å². The van der Waals surface area contributed by atoms with Gasteiger partial charge in [-0.1, -0.05) is 13.8 Å². The van der Waals surface area contributed by atoms with Crippen LogP contribution < -0.4 is 4.72 Å². The van der Waals surface area contributed by atoms with E-state index in [1.807, 2.05) is 0 Å². The third kappa shape index (κ3) is 4.01. The maximum Gasteiger partial charge on any atom is 0.324 e. The van der Waals surface area contributed by atoms with Crippen molar-refractivity contribution in [2.45, 2.75) is 31.0 Å². The standard InChI is InChI=1S/C11H16BrNO4S2/c1-6(2)9(11(14)17-4)13-19(15,16)8-5-7(3)10(12)18-8/h5-6,9,13H,1-4H3/t9-/m0/s1. The summed E-state index contributed by atoms with van der Waals surface area (Å²) in [6, 6.07) is 0.669. The first-order valence-electron chi connectivity index (χ1n) is 5.55. The first-order chi connectivity index (χ1) is 8.69. The van der Waals surface area contributed by atoms with Crippen molar-refractivity contribution in [3.8, 4) is 0 Å². The van der Waals surface area contributed by atoms with Gasteiger partial charge in [0.1, 0.15) is 10.3 Å². The Bertz CT molecular complexity index is 546. The number of aryl methyl sites for hydroxylation is 1. The number of carbonyl (C=O) groups is 1. The minimum Gasteiger partial charge on any atom is -0.468 e. The van der Waals surface area contributed by atoms with E-state index in [4.69, 9.17) is 0 Å². The highest BCUT2D eigenvalue weighted by atomic mass is 79.9. The average Bonchev–Trinajstić information content (AvgIpc) is 2.66.